The summed E-state index contributed by atoms with van der Waals surface area (Å²) in [5.41, 5.74) is 8.15. The predicted molar refractivity (Wildman–Crippen MR) is 180 cm³/mol. The molecule has 262 valence electrons. The van der Waals surface area contributed by atoms with Gasteiger partial charge in [0.2, 0.25) is 5.89 Å². The van der Waals surface area contributed by atoms with Crippen LogP contribution in [0.2, 0.25) is 0 Å². The van der Waals surface area contributed by atoms with E-state index in [0.29, 0.717) is 41.5 Å². The molecule has 12 heteroatoms. The van der Waals surface area contributed by atoms with E-state index in [9.17, 15) is 18.4 Å². The molecule has 2 aromatic heterocycles. The maximum absolute atomic E-state index is 14.1. The van der Waals surface area contributed by atoms with Crippen LogP contribution in [0.1, 0.15) is 91.1 Å². The van der Waals surface area contributed by atoms with Gasteiger partial charge < -0.3 is 29.6 Å². The van der Waals surface area contributed by atoms with Crippen molar-refractivity contribution in [1.82, 2.24) is 20.4 Å². The number of hydrogen-bond acceptors (Lipinski definition) is 9. The first kappa shape index (κ1) is 35.9. The molecule has 1 aliphatic rings. The van der Waals surface area contributed by atoms with Gasteiger partial charge in [-0.3, -0.25) is 4.79 Å². The van der Waals surface area contributed by atoms with Gasteiger partial charge in [0, 0.05) is 48.9 Å². The molecule has 0 bridgehead atoms. The van der Waals surface area contributed by atoms with Crippen molar-refractivity contribution < 1.29 is 32.0 Å². The van der Waals surface area contributed by atoms with Crippen LogP contribution in [0.3, 0.4) is 0 Å². The van der Waals surface area contributed by atoms with E-state index in [1.165, 1.54) is 30.7 Å². The molecule has 2 atom stereocenters. The lowest BCUT2D eigenvalue weighted by atomic mass is 10.0. The van der Waals surface area contributed by atoms with Crippen LogP contribution in [-0.2, 0) is 23.1 Å². The molecule has 1 amide bonds. The Kier molecular flexibility index (Phi) is 11.6. The Balaban J connectivity index is 1.42. The third kappa shape index (κ3) is 9.18. The molecule has 0 unspecified atom stereocenters. The van der Waals surface area contributed by atoms with E-state index >= 15 is 0 Å². The van der Waals surface area contributed by atoms with Gasteiger partial charge in [0.15, 0.2) is 5.76 Å². The minimum Gasteiger partial charge on any atom is -0.456 e. The number of hydrogen-bond donors (Lipinski definition) is 2. The smallest absolute Gasteiger partial charge is 0.338 e. The van der Waals surface area contributed by atoms with Crippen LogP contribution in [0.4, 0.5) is 8.78 Å². The van der Waals surface area contributed by atoms with Gasteiger partial charge in [0.25, 0.3) is 5.91 Å². The number of aromatic nitrogens is 2. The Labute approximate surface area is 285 Å². The van der Waals surface area contributed by atoms with Crippen molar-refractivity contribution in [3.8, 4) is 11.5 Å². The Morgan fingerprint density at radius 1 is 1.00 bits per heavy atom. The number of nitrogens with two attached hydrogens (primary N) is 1. The van der Waals surface area contributed by atoms with E-state index in [2.05, 4.69) is 29.3 Å². The fourth-order valence-corrected chi connectivity index (χ4v) is 6.00. The zero-order valence-corrected chi connectivity index (χ0v) is 28.5. The Morgan fingerprint density at radius 3 is 2.31 bits per heavy atom. The predicted octanol–water partition coefficient (Wildman–Crippen LogP) is 6.44. The van der Waals surface area contributed by atoms with E-state index in [1.54, 1.807) is 17.0 Å². The van der Waals surface area contributed by atoms with Crippen molar-refractivity contribution in [2.75, 3.05) is 19.6 Å². The number of benzene rings is 2. The highest BCUT2D eigenvalue weighted by Crippen LogP contribution is 2.46. The van der Waals surface area contributed by atoms with Gasteiger partial charge in [-0.1, -0.05) is 32.9 Å². The molecule has 0 saturated heterocycles. The van der Waals surface area contributed by atoms with Gasteiger partial charge in [-0.15, -0.1) is 0 Å². The van der Waals surface area contributed by atoms with Crippen molar-refractivity contribution in [1.29, 1.82) is 0 Å². The van der Waals surface area contributed by atoms with E-state index in [-0.39, 0.29) is 30.3 Å². The maximum Gasteiger partial charge on any atom is 0.338 e. The van der Waals surface area contributed by atoms with Crippen LogP contribution in [-0.4, -0.2) is 58.7 Å². The molecule has 3 N–H and O–H groups in total. The third-order valence-corrected chi connectivity index (χ3v) is 8.54. The van der Waals surface area contributed by atoms with Crippen LogP contribution < -0.4 is 11.1 Å². The first-order chi connectivity index (χ1) is 23.5. The number of ether oxygens (including phenoxy) is 1. The molecule has 5 rings (SSSR count). The summed E-state index contributed by atoms with van der Waals surface area (Å²) >= 11 is 0. The molecule has 49 heavy (non-hydrogen) atoms. The number of oxazole rings is 1. The lowest BCUT2D eigenvalue weighted by molar-refractivity contribution is 0.0226. The number of nitrogens with one attached hydrogen (secondary N) is 1. The van der Waals surface area contributed by atoms with Gasteiger partial charge in [0.1, 0.15) is 24.0 Å². The fraction of sp³-hybridized carbons (Fsp3) is 0.459. The average Bonchev–Trinajstić information content (AvgIpc) is 3.40. The van der Waals surface area contributed by atoms with Gasteiger partial charge in [-0.05, 0) is 80.3 Å². The summed E-state index contributed by atoms with van der Waals surface area (Å²) in [5.74, 6) is -1.06. The van der Waals surface area contributed by atoms with Crippen LogP contribution >= 0.6 is 0 Å². The van der Waals surface area contributed by atoms with Gasteiger partial charge in [-0.2, -0.15) is 0 Å². The summed E-state index contributed by atoms with van der Waals surface area (Å²) < 4.78 is 45.4. The van der Waals surface area contributed by atoms with Crippen molar-refractivity contribution in [3.63, 3.8) is 0 Å². The summed E-state index contributed by atoms with van der Waals surface area (Å²) in [6.45, 7) is 9.45. The average molecular weight is 678 g/mol. The molecule has 1 fully saturated rings. The summed E-state index contributed by atoms with van der Waals surface area (Å²) in [5, 5.41) is 7.71. The van der Waals surface area contributed by atoms with Crippen molar-refractivity contribution >= 4 is 11.9 Å². The minimum absolute atomic E-state index is 0.0330. The maximum atomic E-state index is 14.1. The van der Waals surface area contributed by atoms with Crippen LogP contribution in [0.25, 0.3) is 11.5 Å². The third-order valence-electron chi connectivity index (χ3n) is 8.54. The molecule has 0 aliphatic heterocycles. The number of esters is 1. The zero-order chi connectivity index (χ0) is 35.1. The molecule has 2 aromatic carbocycles. The quantitative estimate of drug-likeness (QED) is 0.121. The second-order valence-electron chi connectivity index (χ2n) is 13.3. The highest BCUT2D eigenvalue weighted by atomic mass is 19.1. The summed E-state index contributed by atoms with van der Waals surface area (Å²) in [4.78, 5) is 33.5. The topological polar surface area (TPSA) is 137 Å². The second-order valence-corrected chi connectivity index (χ2v) is 13.3. The monoisotopic (exact) mass is 677 g/mol. The number of amides is 1. The van der Waals surface area contributed by atoms with Gasteiger partial charge >= 0.3 is 5.97 Å². The van der Waals surface area contributed by atoms with E-state index in [4.69, 9.17) is 19.4 Å². The van der Waals surface area contributed by atoms with Crippen LogP contribution in [0.5, 0.6) is 0 Å². The Morgan fingerprint density at radius 2 is 1.69 bits per heavy atom. The molecular weight excluding hydrogens is 632 g/mol. The highest BCUT2D eigenvalue weighted by Gasteiger charge is 2.48. The van der Waals surface area contributed by atoms with E-state index in [1.807, 2.05) is 19.9 Å². The van der Waals surface area contributed by atoms with E-state index < -0.39 is 35.3 Å². The summed E-state index contributed by atoms with van der Waals surface area (Å²) in [7, 11) is 0. The number of rotatable bonds is 17. The fourth-order valence-electron chi connectivity index (χ4n) is 6.00. The van der Waals surface area contributed by atoms with Gasteiger partial charge in [-0.25, -0.2) is 18.6 Å². The number of halogens is 2. The molecule has 0 radical (unpaired) electrons. The Bertz CT molecular complexity index is 1690. The molecule has 2 heterocycles. The zero-order valence-electron chi connectivity index (χ0n) is 28.5. The van der Waals surface area contributed by atoms with Crippen molar-refractivity contribution in [2.45, 2.75) is 83.9 Å². The largest absolute Gasteiger partial charge is 0.456 e. The second kappa shape index (κ2) is 15.9. The lowest BCUT2D eigenvalue weighted by Gasteiger charge is -2.27. The normalized spacial score (nSPS) is 14.9. The minimum atomic E-state index is -0.935. The first-order valence-corrected chi connectivity index (χ1v) is 17.0. The summed E-state index contributed by atoms with van der Waals surface area (Å²) in [6.07, 6.45) is 5.88. The highest BCUT2D eigenvalue weighted by molar-refractivity contribution is 5.99. The number of nitrogens with zero attached hydrogens (tertiary/aromatic N) is 3. The molecule has 4 aromatic rings. The molecule has 10 nitrogen and oxygen atoms in total. The van der Waals surface area contributed by atoms with Gasteiger partial charge in [0.05, 0.1) is 23.0 Å². The number of carbonyl (C=O) groups is 2. The lowest BCUT2D eigenvalue weighted by Crippen LogP contribution is -2.48. The summed E-state index contributed by atoms with van der Waals surface area (Å²) in [6, 6.07) is 9.01. The first-order valence-electron chi connectivity index (χ1n) is 17.0. The van der Waals surface area contributed by atoms with Crippen LogP contribution in [0.15, 0.2) is 63.9 Å². The molecule has 0 spiro atoms. The van der Waals surface area contributed by atoms with Crippen molar-refractivity contribution in [2.24, 2.45) is 11.7 Å². The van der Waals surface area contributed by atoms with Crippen molar-refractivity contribution in [3.05, 3.63) is 94.7 Å². The SMILES string of the molecule is CCCN(CCC)C(=O)c1cc(C(=O)O[C@H](CNC2(c3cc(CC(C)C)no3)CC2)[C@@H](N)Cc2cc(F)cc(F)c2)cc(-c2ncco2)c1. The molecule has 1 aliphatic carbocycles. The van der Waals surface area contributed by atoms with E-state index in [0.717, 1.165) is 43.9 Å². The van der Waals surface area contributed by atoms with Crippen LogP contribution in [0, 0.1) is 17.6 Å². The standard InChI is InChI=1S/C37H45F2N5O5/c1-5-10-44(11-6-2)35(45)26-17-25(34-41-9-12-47-34)18-27(19-26)36(46)48-32(31(40)16-24-14-28(38)20-29(39)15-24)22-42-37(7-8-37)33-21-30(43-49-33)13-23(3)4/h9,12,14-15,17-21,23,31-32,42H,5-8,10-11,13,16,22,40H2,1-4H3/t31-,32+/m0/s1. The Hall–Kier alpha value is -4.42. The molecule has 1 saturated carbocycles. The molecular formula is C37H45F2N5O5. The number of carbonyl (C=O) groups excluding carboxylic acids is 2.